The highest BCUT2D eigenvalue weighted by Crippen LogP contribution is 2.42. The summed E-state index contributed by atoms with van der Waals surface area (Å²) < 4.78 is 49.1. The number of halogens is 4. The van der Waals surface area contributed by atoms with Crippen molar-refractivity contribution in [3.8, 4) is 11.1 Å². The fraction of sp³-hybridized carbons (Fsp3) is 0.364. The molecule has 1 aromatic carbocycles. The molecular weight excluding hydrogens is 445 g/mol. The molecule has 10 heteroatoms. The number of nitrogens with two attached hydrogens (primary N) is 1. The Hall–Kier alpha value is -2.78. The molecule has 32 heavy (non-hydrogen) atoms. The van der Waals surface area contributed by atoms with E-state index in [9.17, 15) is 18.0 Å². The molecule has 1 aromatic heterocycles. The molecule has 1 amide bonds. The minimum atomic E-state index is -4.70. The van der Waals surface area contributed by atoms with E-state index in [1.54, 1.807) is 24.3 Å². The van der Waals surface area contributed by atoms with E-state index in [1.165, 1.54) is 31.3 Å². The minimum absolute atomic E-state index is 0.0405. The van der Waals surface area contributed by atoms with E-state index in [0.717, 1.165) is 4.57 Å². The number of carbonyl (C=O) groups excluding carboxylic acids is 1. The SMILES string of the molecule is CN=CC(=CN)Cn1c(C(=O)N2CCOCC2)c(-c2ccc(Cl)cc2)c(C)c1C(F)(F)F. The van der Waals surface area contributed by atoms with Crippen molar-refractivity contribution in [2.75, 3.05) is 33.4 Å². The molecule has 0 atom stereocenters. The number of alkyl halides is 3. The average Bonchev–Trinajstić information content (AvgIpc) is 3.06. The number of aliphatic imine (C=N–C) groups is 1. The number of amides is 1. The molecule has 172 valence electrons. The zero-order valence-electron chi connectivity index (χ0n) is 17.7. The summed E-state index contributed by atoms with van der Waals surface area (Å²) in [6.45, 7) is 2.34. The molecule has 1 aliphatic heterocycles. The number of allylic oxidation sites excluding steroid dienone is 1. The number of aromatic nitrogens is 1. The van der Waals surface area contributed by atoms with Gasteiger partial charge in [-0.1, -0.05) is 23.7 Å². The predicted molar refractivity (Wildman–Crippen MR) is 118 cm³/mol. The lowest BCUT2D eigenvalue weighted by Gasteiger charge is -2.28. The van der Waals surface area contributed by atoms with Crippen molar-refractivity contribution in [2.24, 2.45) is 10.7 Å². The molecule has 0 bridgehead atoms. The van der Waals surface area contributed by atoms with Crippen molar-refractivity contribution in [3.05, 3.63) is 58.0 Å². The van der Waals surface area contributed by atoms with Crippen LogP contribution in [0.15, 0.2) is 41.0 Å². The van der Waals surface area contributed by atoms with Gasteiger partial charge in [-0.05, 0) is 30.2 Å². The van der Waals surface area contributed by atoms with Crippen LogP contribution in [0.1, 0.15) is 21.7 Å². The second-order valence-electron chi connectivity index (χ2n) is 7.32. The van der Waals surface area contributed by atoms with Crippen LogP contribution in [0.4, 0.5) is 13.2 Å². The van der Waals surface area contributed by atoms with Crippen LogP contribution in [0.25, 0.3) is 11.1 Å². The summed E-state index contributed by atoms with van der Waals surface area (Å²) in [6.07, 6.45) is -2.13. The first kappa shape index (κ1) is 23.9. The van der Waals surface area contributed by atoms with E-state index >= 15 is 0 Å². The lowest BCUT2D eigenvalue weighted by molar-refractivity contribution is -0.143. The van der Waals surface area contributed by atoms with Crippen molar-refractivity contribution in [1.82, 2.24) is 9.47 Å². The Kier molecular flexibility index (Phi) is 7.30. The molecule has 0 unspecified atom stereocenters. The Morgan fingerprint density at radius 1 is 1.25 bits per heavy atom. The lowest BCUT2D eigenvalue weighted by Crippen LogP contribution is -2.42. The van der Waals surface area contributed by atoms with Crippen LogP contribution < -0.4 is 5.73 Å². The first-order chi connectivity index (χ1) is 15.2. The van der Waals surface area contributed by atoms with Gasteiger partial charge in [0.1, 0.15) is 11.4 Å². The van der Waals surface area contributed by atoms with Gasteiger partial charge < -0.3 is 19.9 Å². The molecule has 2 N–H and O–H groups in total. The van der Waals surface area contributed by atoms with Gasteiger partial charge in [-0.25, -0.2) is 0 Å². The van der Waals surface area contributed by atoms with E-state index in [1.807, 2.05) is 0 Å². The molecule has 0 spiro atoms. The summed E-state index contributed by atoms with van der Waals surface area (Å²) >= 11 is 5.98. The zero-order valence-corrected chi connectivity index (χ0v) is 18.5. The molecule has 1 aliphatic rings. The molecular formula is C22H24ClF3N4O2. The number of ether oxygens (including phenoxy) is 1. The van der Waals surface area contributed by atoms with Crippen LogP contribution in [0.2, 0.25) is 5.02 Å². The van der Waals surface area contributed by atoms with E-state index < -0.39 is 17.8 Å². The first-order valence-electron chi connectivity index (χ1n) is 9.95. The topological polar surface area (TPSA) is 72.8 Å². The standard InChI is InChI=1S/C22H24ClF3N4O2/c1-14-18(16-3-5-17(23)6-4-16)19(21(31)29-7-9-32-10-8-29)30(20(14)22(24,25)26)13-15(11-27)12-28-2/h3-6,11-12H,7-10,13,27H2,1-2H3. The molecule has 0 radical (unpaired) electrons. The zero-order chi connectivity index (χ0) is 23.5. The smallest absolute Gasteiger partial charge is 0.404 e. The molecule has 1 saturated heterocycles. The third kappa shape index (κ3) is 4.83. The summed E-state index contributed by atoms with van der Waals surface area (Å²) in [6, 6.07) is 6.38. The van der Waals surface area contributed by atoms with Crippen molar-refractivity contribution in [1.29, 1.82) is 0 Å². The number of carbonyl (C=O) groups is 1. The van der Waals surface area contributed by atoms with Gasteiger partial charge in [0.05, 0.1) is 19.8 Å². The highest BCUT2D eigenvalue weighted by molar-refractivity contribution is 6.30. The second-order valence-corrected chi connectivity index (χ2v) is 7.76. The van der Waals surface area contributed by atoms with Gasteiger partial charge in [0.15, 0.2) is 0 Å². The van der Waals surface area contributed by atoms with E-state index in [-0.39, 0.29) is 23.4 Å². The third-order valence-electron chi connectivity index (χ3n) is 5.26. The number of hydrogen-bond acceptors (Lipinski definition) is 4. The van der Waals surface area contributed by atoms with E-state index in [0.29, 0.717) is 42.5 Å². The molecule has 2 heterocycles. The van der Waals surface area contributed by atoms with Crippen LogP contribution in [-0.4, -0.2) is 54.9 Å². The van der Waals surface area contributed by atoms with Gasteiger partial charge in [-0.15, -0.1) is 0 Å². The maximum atomic E-state index is 14.3. The average molecular weight is 469 g/mol. The van der Waals surface area contributed by atoms with Gasteiger partial charge >= 0.3 is 6.18 Å². The van der Waals surface area contributed by atoms with Gasteiger partial charge in [-0.3, -0.25) is 9.79 Å². The van der Waals surface area contributed by atoms with Crippen LogP contribution in [0.3, 0.4) is 0 Å². The fourth-order valence-corrected chi connectivity index (χ4v) is 3.99. The number of hydrogen-bond donors (Lipinski definition) is 1. The number of nitrogens with zero attached hydrogens (tertiary/aromatic N) is 3. The van der Waals surface area contributed by atoms with E-state index in [2.05, 4.69) is 4.99 Å². The van der Waals surface area contributed by atoms with Crippen LogP contribution in [-0.2, 0) is 17.5 Å². The normalized spacial score (nSPS) is 15.6. The molecule has 2 aromatic rings. The summed E-state index contributed by atoms with van der Waals surface area (Å²) in [5, 5.41) is 0.440. The molecule has 0 aliphatic carbocycles. The third-order valence-corrected chi connectivity index (χ3v) is 5.51. The minimum Gasteiger partial charge on any atom is -0.404 e. The van der Waals surface area contributed by atoms with Crippen LogP contribution >= 0.6 is 11.6 Å². The van der Waals surface area contributed by atoms with Gasteiger partial charge in [0.2, 0.25) is 0 Å². The molecule has 0 saturated carbocycles. The highest BCUT2D eigenvalue weighted by atomic mass is 35.5. The Morgan fingerprint density at radius 2 is 1.88 bits per heavy atom. The first-order valence-corrected chi connectivity index (χ1v) is 10.3. The summed E-state index contributed by atoms with van der Waals surface area (Å²) in [7, 11) is 1.49. The summed E-state index contributed by atoms with van der Waals surface area (Å²) in [5.41, 5.74) is 5.66. The van der Waals surface area contributed by atoms with Crippen LogP contribution in [0.5, 0.6) is 0 Å². The van der Waals surface area contributed by atoms with Crippen molar-refractivity contribution in [3.63, 3.8) is 0 Å². The Bertz CT molecular complexity index is 1040. The van der Waals surface area contributed by atoms with E-state index in [4.69, 9.17) is 22.1 Å². The lowest BCUT2D eigenvalue weighted by atomic mass is 10.00. The fourth-order valence-electron chi connectivity index (χ4n) is 3.86. The maximum absolute atomic E-state index is 14.3. The largest absolute Gasteiger partial charge is 0.431 e. The van der Waals surface area contributed by atoms with Gasteiger partial charge in [-0.2, -0.15) is 13.2 Å². The maximum Gasteiger partial charge on any atom is 0.431 e. The van der Waals surface area contributed by atoms with Crippen molar-refractivity contribution >= 4 is 23.7 Å². The quantitative estimate of drug-likeness (QED) is 0.670. The number of rotatable bonds is 5. The number of morpholine rings is 1. The van der Waals surface area contributed by atoms with Crippen molar-refractivity contribution < 1.29 is 22.7 Å². The molecule has 1 fully saturated rings. The van der Waals surface area contributed by atoms with Crippen LogP contribution in [0, 0.1) is 6.92 Å². The Balaban J connectivity index is 2.32. The molecule has 3 rings (SSSR count). The second kappa shape index (κ2) is 9.79. The van der Waals surface area contributed by atoms with Gasteiger partial charge in [0.25, 0.3) is 5.91 Å². The predicted octanol–water partition coefficient (Wildman–Crippen LogP) is 4.15. The van der Waals surface area contributed by atoms with Crippen molar-refractivity contribution in [2.45, 2.75) is 19.6 Å². The monoisotopic (exact) mass is 468 g/mol. The number of benzene rings is 1. The summed E-state index contributed by atoms with van der Waals surface area (Å²) in [5.74, 6) is -0.498. The molecule has 6 nitrogen and oxygen atoms in total. The highest BCUT2D eigenvalue weighted by Gasteiger charge is 2.42. The van der Waals surface area contributed by atoms with Gasteiger partial charge in [0, 0.05) is 48.7 Å². The Labute approximate surface area is 189 Å². The summed E-state index contributed by atoms with van der Waals surface area (Å²) in [4.78, 5) is 18.9. The Morgan fingerprint density at radius 3 is 2.41 bits per heavy atom.